The number of amides is 3. The van der Waals surface area contributed by atoms with Gasteiger partial charge in [0, 0.05) is 57.5 Å². The SMILES string of the molecule is COCCCNC(=O)CN1CCN(C(=O)C2CCN(c3ccccc3Br)C2=O)CC1. The second-order valence-electron chi connectivity index (χ2n) is 7.58. The third kappa shape index (κ3) is 5.59. The predicted octanol–water partition coefficient (Wildman–Crippen LogP) is 1.10. The van der Waals surface area contributed by atoms with Crippen LogP contribution in [0.4, 0.5) is 5.69 Å². The summed E-state index contributed by atoms with van der Waals surface area (Å²) in [4.78, 5) is 43.4. The van der Waals surface area contributed by atoms with Crippen molar-refractivity contribution in [2.45, 2.75) is 12.8 Å². The zero-order valence-electron chi connectivity index (χ0n) is 17.3. The van der Waals surface area contributed by atoms with Gasteiger partial charge in [-0.05, 0) is 40.9 Å². The number of carbonyl (C=O) groups excluding carboxylic acids is 3. The highest BCUT2D eigenvalue weighted by Gasteiger charge is 2.40. The van der Waals surface area contributed by atoms with E-state index in [1.807, 2.05) is 29.2 Å². The minimum atomic E-state index is -0.618. The summed E-state index contributed by atoms with van der Waals surface area (Å²) in [6, 6.07) is 7.56. The van der Waals surface area contributed by atoms with Crippen LogP contribution in [-0.4, -0.2) is 87.1 Å². The lowest BCUT2D eigenvalue weighted by atomic mass is 10.1. The van der Waals surface area contributed by atoms with Gasteiger partial charge in [-0.25, -0.2) is 0 Å². The second kappa shape index (κ2) is 10.9. The Morgan fingerprint density at radius 3 is 2.60 bits per heavy atom. The highest BCUT2D eigenvalue weighted by atomic mass is 79.9. The number of piperazine rings is 1. The molecule has 2 saturated heterocycles. The van der Waals surface area contributed by atoms with Crippen molar-refractivity contribution >= 4 is 39.3 Å². The first-order valence-corrected chi connectivity index (χ1v) is 11.1. The number of hydrogen-bond donors (Lipinski definition) is 1. The van der Waals surface area contributed by atoms with Crippen molar-refractivity contribution in [1.82, 2.24) is 15.1 Å². The number of carbonyl (C=O) groups is 3. The van der Waals surface area contributed by atoms with Crippen LogP contribution in [0.15, 0.2) is 28.7 Å². The molecule has 8 nitrogen and oxygen atoms in total. The molecule has 2 aliphatic rings. The number of nitrogens with one attached hydrogen (secondary N) is 1. The Morgan fingerprint density at radius 2 is 1.90 bits per heavy atom. The fourth-order valence-electron chi connectivity index (χ4n) is 3.87. The first-order chi connectivity index (χ1) is 14.5. The van der Waals surface area contributed by atoms with Crippen LogP contribution in [0.1, 0.15) is 12.8 Å². The molecule has 1 atom stereocenters. The summed E-state index contributed by atoms with van der Waals surface area (Å²) < 4.78 is 5.81. The lowest BCUT2D eigenvalue weighted by Crippen LogP contribution is -2.53. The molecule has 1 aromatic carbocycles. The maximum atomic E-state index is 13.0. The molecular weight excluding hydrogens is 452 g/mol. The van der Waals surface area contributed by atoms with Crippen molar-refractivity contribution in [3.63, 3.8) is 0 Å². The Bertz CT molecular complexity index is 767. The van der Waals surface area contributed by atoms with Gasteiger partial charge in [-0.1, -0.05) is 12.1 Å². The van der Waals surface area contributed by atoms with Crippen molar-refractivity contribution in [2.75, 3.05) is 64.4 Å². The number of para-hydroxylation sites is 1. The van der Waals surface area contributed by atoms with E-state index in [2.05, 4.69) is 21.2 Å². The van der Waals surface area contributed by atoms with E-state index < -0.39 is 5.92 Å². The molecule has 1 N–H and O–H groups in total. The van der Waals surface area contributed by atoms with Gasteiger partial charge in [0.2, 0.25) is 17.7 Å². The molecule has 0 bridgehead atoms. The second-order valence-corrected chi connectivity index (χ2v) is 8.43. The molecule has 0 radical (unpaired) electrons. The Balaban J connectivity index is 1.46. The summed E-state index contributed by atoms with van der Waals surface area (Å²) in [5.41, 5.74) is 0.805. The molecule has 1 aromatic rings. The number of nitrogens with zero attached hydrogens (tertiary/aromatic N) is 3. The first kappa shape index (κ1) is 22.7. The van der Waals surface area contributed by atoms with Crippen LogP contribution in [0.2, 0.25) is 0 Å². The van der Waals surface area contributed by atoms with E-state index in [1.54, 1.807) is 16.9 Å². The number of methoxy groups -OCH3 is 1. The minimum Gasteiger partial charge on any atom is -0.385 e. The summed E-state index contributed by atoms with van der Waals surface area (Å²) in [5.74, 6) is -0.864. The van der Waals surface area contributed by atoms with E-state index in [-0.39, 0.29) is 17.7 Å². The van der Waals surface area contributed by atoms with Gasteiger partial charge in [-0.2, -0.15) is 0 Å². The summed E-state index contributed by atoms with van der Waals surface area (Å²) in [5, 5.41) is 2.88. The molecule has 164 valence electrons. The summed E-state index contributed by atoms with van der Waals surface area (Å²) in [6.45, 7) is 4.43. The third-order valence-corrected chi connectivity index (χ3v) is 6.22. The lowest BCUT2D eigenvalue weighted by molar-refractivity contribution is -0.141. The van der Waals surface area contributed by atoms with E-state index >= 15 is 0 Å². The zero-order chi connectivity index (χ0) is 21.5. The van der Waals surface area contributed by atoms with Gasteiger partial charge in [0.1, 0.15) is 5.92 Å². The van der Waals surface area contributed by atoms with E-state index in [0.29, 0.717) is 58.8 Å². The number of rotatable bonds is 8. The van der Waals surface area contributed by atoms with Crippen LogP contribution in [0.5, 0.6) is 0 Å². The molecule has 1 unspecified atom stereocenters. The van der Waals surface area contributed by atoms with Crippen molar-refractivity contribution < 1.29 is 19.1 Å². The maximum absolute atomic E-state index is 13.0. The zero-order valence-corrected chi connectivity index (χ0v) is 18.9. The molecule has 2 aliphatic heterocycles. The van der Waals surface area contributed by atoms with Crippen molar-refractivity contribution in [2.24, 2.45) is 5.92 Å². The van der Waals surface area contributed by atoms with Gasteiger partial charge >= 0.3 is 0 Å². The summed E-state index contributed by atoms with van der Waals surface area (Å²) in [6.07, 6.45) is 1.32. The third-order valence-electron chi connectivity index (χ3n) is 5.55. The average Bonchev–Trinajstić information content (AvgIpc) is 3.13. The maximum Gasteiger partial charge on any atom is 0.239 e. The van der Waals surface area contributed by atoms with Crippen LogP contribution in [0.25, 0.3) is 0 Å². The smallest absolute Gasteiger partial charge is 0.239 e. The standard InChI is InChI=1S/C21H29BrN4O4/c1-30-14-4-8-23-19(27)15-24-10-12-25(13-11-24)20(28)16-7-9-26(21(16)29)18-6-3-2-5-17(18)22/h2-3,5-6,16H,4,7-15H2,1H3,(H,23,27). The molecule has 2 fully saturated rings. The molecular formula is C21H29BrN4O4. The molecule has 3 amide bonds. The van der Waals surface area contributed by atoms with Crippen molar-refractivity contribution in [3.05, 3.63) is 28.7 Å². The predicted molar refractivity (Wildman–Crippen MR) is 117 cm³/mol. The minimum absolute atomic E-state index is 0.0130. The number of halogens is 1. The fraction of sp³-hybridized carbons (Fsp3) is 0.571. The monoisotopic (exact) mass is 480 g/mol. The van der Waals surface area contributed by atoms with Gasteiger partial charge in [0.05, 0.1) is 12.2 Å². The molecule has 0 aromatic heterocycles. The number of anilines is 1. The van der Waals surface area contributed by atoms with Gasteiger partial charge in [0.15, 0.2) is 0 Å². The van der Waals surface area contributed by atoms with E-state index in [0.717, 1.165) is 16.6 Å². The van der Waals surface area contributed by atoms with E-state index in [1.165, 1.54) is 0 Å². The van der Waals surface area contributed by atoms with Crippen LogP contribution in [0, 0.1) is 5.92 Å². The van der Waals surface area contributed by atoms with E-state index in [9.17, 15) is 14.4 Å². The van der Waals surface area contributed by atoms with Crippen LogP contribution in [0.3, 0.4) is 0 Å². The molecule has 0 spiro atoms. The van der Waals surface area contributed by atoms with Crippen molar-refractivity contribution in [1.29, 1.82) is 0 Å². The molecule has 2 heterocycles. The summed E-state index contributed by atoms with van der Waals surface area (Å²) in [7, 11) is 1.64. The van der Waals surface area contributed by atoms with Crippen LogP contribution < -0.4 is 10.2 Å². The fourth-order valence-corrected chi connectivity index (χ4v) is 4.37. The average molecular weight is 481 g/mol. The molecule has 0 aliphatic carbocycles. The summed E-state index contributed by atoms with van der Waals surface area (Å²) >= 11 is 3.48. The molecule has 3 rings (SSSR count). The van der Waals surface area contributed by atoms with Gasteiger partial charge in [-0.15, -0.1) is 0 Å². The van der Waals surface area contributed by atoms with Gasteiger partial charge < -0.3 is 19.9 Å². The van der Waals surface area contributed by atoms with Gasteiger partial charge in [0.25, 0.3) is 0 Å². The largest absolute Gasteiger partial charge is 0.385 e. The Hall–Kier alpha value is -1.97. The number of ether oxygens (including phenoxy) is 1. The lowest BCUT2D eigenvalue weighted by Gasteiger charge is -2.35. The topological polar surface area (TPSA) is 82.2 Å². The number of hydrogen-bond acceptors (Lipinski definition) is 5. The Labute approximate surface area is 185 Å². The first-order valence-electron chi connectivity index (χ1n) is 10.3. The van der Waals surface area contributed by atoms with Crippen LogP contribution in [-0.2, 0) is 19.1 Å². The molecule has 0 saturated carbocycles. The highest BCUT2D eigenvalue weighted by molar-refractivity contribution is 9.10. The van der Waals surface area contributed by atoms with Crippen molar-refractivity contribution in [3.8, 4) is 0 Å². The normalized spacial score (nSPS) is 19.9. The Kier molecular flexibility index (Phi) is 8.24. The molecule has 9 heteroatoms. The highest BCUT2D eigenvalue weighted by Crippen LogP contribution is 2.32. The van der Waals surface area contributed by atoms with E-state index in [4.69, 9.17) is 4.74 Å². The molecule has 30 heavy (non-hydrogen) atoms. The quantitative estimate of drug-likeness (QED) is 0.444. The van der Waals surface area contributed by atoms with Crippen LogP contribution >= 0.6 is 15.9 Å². The number of benzene rings is 1. The Morgan fingerprint density at radius 1 is 1.17 bits per heavy atom. The van der Waals surface area contributed by atoms with Gasteiger partial charge in [-0.3, -0.25) is 19.3 Å².